The van der Waals surface area contributed by atoms with Gasteiger partial charge in [-0.2, -0.15) is 0 Å². The van der Waals surface area contributed by atoms with Gasteiger partial charge < -0.3 is 9.64 Å². The molecule has 0 spiro atoms. The minimum absolute atomic E-state index is 0.117. The molecule has 0 bridgehead atoms. The Morgan fingerprint density at radius 1 is 1.27 bits per heavy atom. The third-order valence-electron chi connectivity index (χ3n) is 4.11. The number of ether oxygens (including phenoxy) is 1. The maximum atomic E-state index is 13.1. The summed E-state index contributed by atoms with van der Waals surface area (Å²) in [4.78, 5) is 27.7. The summed E-state index contributed by atoms with van der Waals surface area (Å²) in [5.74, 6) is -0.855. The number of rotatable bonds is 2. The van der Waals surface area contributed by atoms with Crippen LogP contribution in [0.5, 0.6) is 0 Å². The summed E-state index contributed by atoms with van der Waals surface area (Å²) >= 11 is 5.94. The van der Waals surface area contributed by atoms with E-state index in [1.165, 1.54) is 12.1 Å². The summed E-state index contributed by atoms with van der Waals surface area (Å²) in [6.45, 7) is 2.72. The highest BCUT2D eigenvalue weighted by Crippen LogP contribution is 2.21. The molecule has 2 saturated heterocycles. The van der Waals surface area contributed by atoms with Gasteiger partial charge >= 0.3 is 5.97 Å². The van der Waals surface area contributed by atoms with Crippen molar-refractivity contribution in [1.29, 1.82) is 0 Å². The molecule has 118 valence electrons. The fraction of sp³-hybridized carbons (Fsp3) is 0.467. The van der Waals surface area contributed by atoms with Gasteiger partial charge in [-0.1, -0.05) is 11.6 Å². The van der Waals surface area contributed by atoms with Crippen LogP contribution in [0.3, 0.4) is 0 Å². The Morgan fingerprint density at radius 2 is 2.00 bits per heavy atom. The Bertz CT molecular complexity index is 602. The first-order valence-electron chi connectivity index (χ1n) is 7.21. The van der Waals surface area contributed by atoms with Gasteiger partial charge in [0.05, 0.1) is 17.2 Å². The molecular formula is C15H16ClFN2O3. The fourth-order valence-electron chi connectivity index (χ4n) is 2.89. The largest absolute Gasteiger partial charge is 0.464 e. The van der Waals surface area contributed by atoms with Crippen molar-refractivity contribution >= 4 is 23.5 Å². The van der Waals surface area contributed by atoms with E-state index < -0.39 is 5.82 Å². The average Bonchev–Trinajstić information content (AvgIpc) is 2.93. The lowest BCUT2D eigenvalue weighted by Gasteiger charge is -2.36. The van der Waals surface area contributed by atoms with Gasteiger partial charge in [-0.05, 0) is 18.2 Å². The average molecular weight is 327 g/mol. The number of hydrogen-bond acceptors (Lipinski definition) is 4. The number of carbonyl (C=O) groups is 2. The van der Waals surface area contributed by atoms with Crippen LogP contribution in [0.2, 0.25) is 5.02 Å². The van der Waals surface area contributed by atoms with Gasteiger partial charge in [0, 0.05) is 32.6 Å². The number of amides is 1. The standard InChI is InChI=1S/C15H16ClFN2O3/c16-12-9-10(17)1-2-11(12)14(20)19-6-4-18(5-7-19)13-3-8-22-15(13)21/h1-2,9,13H,3-8H2/t13-/m0/s1. The number of halogens is 2. The summed E-state index contributed by atoms with van der Waals surface area (Å²) in [6, 6.07) is 3.58. The van der Waals surface area contributed by atoms with Crippen molar-refractivity contribution in [3.05, 3.63) is 34.6 Å². The Morgan fingerprint density at radius 3 is 2.59 bits per heavy atom. The van der Waals surface area contributed by atoms with Gasteiger partial charge in [-0.15, -0.1) is 0 Å². The van der Waals surface area contributed by atoms with Crippen molar-refractivity contribution in [3.8, 4) is 0 Å². The molecule has 1 aromatic carbocycles. The van der Waals surface area contributed by atoms with Crippen LogP contribution in [0.15, 0.2) is 18.2 Å². The SMILES string of the molecule is O=C1OCC[C@@H]1N1CCN(C(=O)c2ccc(F)cc2Cl)CC1. The van der Waals surface area contributed by atoms with Crippen molar-refractivity contribution < 1.29 is 18.7 Å². The molecule has 0 saturated carbocycles. The van der Waals surface area contributed by atoms with Gasteiger partial charge in [0.1, 0.15) is 11.9 Å². The molecule has 7 heteroatoms. The maximum absolute atomic E-state index is 13.1. The minimum Gasteiger partial charge on any atom is -0.464 e. The second-order valence-electron chi connectivity index (χ2n) is 5.42. The first kappa shape index (κ1) is 15.2. The summed E-state index contributed by atoms with van der Waals surface area (Å²) in [5, 5.41) is 0.117. The van der Waals surface area contributed by atoms with Gasteiger partial charge in [0.15, 0.2) is 0 Å². The Balaban J connectivity index is 1.63. The van der Waals surface area contributed by atoms with Gasteiger partial charge in [-0.25, -0.2) is 4.39 Å². The monoisotopic (exact) mass is 326 g/mol. The Hall–Kier alpha value is -1.66. The number of benzene rings is 1. The molecule has 2 heterocycles. The molecule has 22 heavy (non-hydrogen) atoms. The van der Waals surface area contributed by atoms with E-state index in [1.54, 1.807) is 4.90 Å². The van der Waals surface area contributed by atoms with E-state index >= 15 is 0 Å². The number of cyclic esters (lactones) is 1. The van der Waals surface area contributed by atoms with E-state index in [9.17, 15) is 14.0 Å². The molecule has 5 nitrogen and oxygen atoms in total. The number of nitrogens with zero attached hydrogens (tertiary/aromatic N) is 2. The quantitative estimate of drug-likeness (QED) is 0.774. The smallest absolute Gasteiger partial charge is 0.323 e. The summed E-state index contributed by atoms with van der Waals surface area (Å²) < 4.78 is 18.0. The van der Waals surface area contributed by atoms with Crippen LogP contribution in [0, 0.1) is 5.82 Å². The van der Waals surface area contributed by atoms with Crippen LogP contribution in [-0.2, 0) is 9.53 Å². The molecule has 0 aliphatic carbocycles. The zero-order chi connectivity index (χ0) is 15.7. The lowest BCUT2D eigenvalue weighted by atomic mass is 10.1. The third-order valence-corrected chi connectivity index (χ3v) is 4.42. The van der Waals surface area contributed by atoms with Crippen LogP contribution in [0.4, 0.5) is 4.39 Å². The van der Waals surface area contributed by atoms with E-state index in [2.05, 4.69) is 0 Å². The fourth-order valence-corrected chi connectivity index (χ4v) is 3.13. The van der Waals surface area contributed by atoms with Crippen molar-refractivity contribution in [1.82, 2.24) is 9.80 Å². The normalized spacial score (nSPS) is 22.7. The molecule has 3 rings (SSSR count). The first-order chi connectivity index (χ1) is 10.6. The lowest BCUT2D eigenvalue weighted by Crippen LogP contribution is -2.53. The first-order valence-corrected chi connectivity index (χ1v) is 7.59. The second-order valence-corrected chi connectivity index (χ2v) is 5.83. The molecule has 2 fully saturated rings. The number of carbonyl (C=O) groups excluding carboxylic acids is 2. The van der Waals surface area contributed by atoms with Crippen LogP contribution in [0.25, 0.3) is 0 Å². The molecule has 0 unspecified atom stereocenters. The molecule has 0 N–H and O–H groups in total. The zero-order valence-corrected chi connectivity index (χ0v) is 12.7. The molecular weight excluding hydrogens is 311 g/mol. The topological polar surface area (TPSA) is 49.9 Å². The summed E-state index contributed by atoms with van der Waals surface area (Å²) in [5.41, 5.74) is 0.303. The number of hydrogen-bond donors (Lipinski definition) is 0. The molecule has 2 aliphatic heterocycles. The lowest BCUT2D eigenvalue weighted by molar-refractivity contribution is -0.142. The van der Waals surface area contributed by atoms with Crippen molar-refractivity contribution in [2.24, 2.45) is 0 Å². The molecule has 2 aliphatic rings. The third kappa shape index (κ3) is 2.94. The predicted molar refractivity (Wildman–Crippen MR) is 78.3 cm³/mol. The van der Waals surface area contributed by atoms with E-state index in [-0.39, 0.29) is 22.9 Å². The summed E-state index contributed by atoms with van der Waals surface area (Å²) in [7, 11) is 0. The van der Waals surface area contributed by atoms with Gasteiger partial charge in [0.2, 0.25) is 0 Å². The summed E-state index contributed by atoms with van der Waals surface area (Å²) in [6.07, 6.45) is 0.705. The van der Waals surface area contributed by atoms with E-state index in [0.29, 0.717) is 44.8 Å². The van der Waals surface area contributed by atoms with Gasteiger partial charge in [-0.3, -0.25) is 14.5 Å². The molecule has 1 aromatic rings. The highest BCUT2D eigenvalue weighted by Gasteiger charge is 2.35. The highest BCUT2D eigenvalue weighted by atomic mass is 35.5. The molecule has 1 amide bonds. The number of piperazine rings is 1. The predicted octanol–water partition coefficient (Wildman–Crippen LogP) is 1.55. The highest BCUT2D eigenvalue weighted by molar-refractivity contribution is 6.33. The number of esters is 1. The van der Waals surface area contributed by atoms with Crippen LogP contribution in [0.1, 0.15) is 16.8 Å². The van der Waals surface area contributed by atoms with Crippen molar-refractivity contribution in [2.75, 3.05) is 32.8 Å². The van der Waals surface area contributed by atoms with E-state index in [0.717, 1.165) is 6.07 Å². The van der Waals surface area contributed by atoms with Crippen LogP contribution in [-0.4, -0.2) is 60.5 Å². The van der Waals surface area contributed by atoms with Crippen molar-refractivity contribution in [3.63, 3.8) is 0 Å². The van der Waals surface area contributed by atoms with Crippen molar-refractivity contribution in [2.45, 2.75) is 12.5 Å². The zero-order valence-electron chi connectivity index (χ0n) is 11.9. The van der Waals surface area contributed by atoms with Crippen LogP contribution < -0.4 is 0 Å². The molecule has 0 aromatic heterocycles. The Labute approximate surface area is 132 Å². The minimum atomic E-state index is -0.467. The molecule has 1 atom stereocenters. The van der Waals surface area contributed by atoms with E-state index in [1.807, 2.05) is 4.90 Å². The molecule has 0 radical (unpaired) electrons. The maximum Gasteiger partial charge on any atom is 0.323 e. The van der Waals surface area contributed by atoms with Gasteiger partial charge in [0.25, 0.3) is 5.91 Å². The Kier molecular flexibility index (Phi) is 4.31. The second kappa shape index (κ2) is 6.22. The van der Waals surface area contributed by atoms with E-state index in [4.69, 9.17) is 16.3 Å². The van der Waals surface area contributed by atoms with Crippen LogP contribution >= 0.6 is 11.6 Å².